The van der Waals surface area contributed by atoms with Gasteiger partial charge in [0.25, 0.3) is 5.91 Å². The van der Waals surface area contributed by atoms with Crippen LogP contribution in [0.5, 0.6) is 0 Å². The van der Waals surface area contributed by atoms with E-state index >= 15 is 0 Å². The van der Waals surface area contributed by atoms with Gasteiger partial charge in [-0.05, 0) is 48.4 Å². The number of hydrogen-bond donors (Lipinski definition) is 1. The molecule has 0 bridgehead atoms. The average Bonchev–Trinajstić information content (AvgIpc) is 3.40. The molecule has 2 aromatic carbocycles. The molecule has 0 saturated heterocycles. The van der Waals surface area contributed by atoms with Gasteiger partial charge in [0.05, 0.1) is 5.56 Å². The number of hydrogen-bond acceptors (Lipinski definition) is 2. The van der Waals surface area contributed by atoms with Gasteiger partial charge < -0.3 is 10.2 Å². The normalized spacial score (nSPS) is 17.4. The van der Waals surface area contributed by atoms with Crippen molar-refractivity contribution >= 4 is 11.6 Å². The maximum absolute atomic E-state index is 12.1. The molecule has 0 unspecified atom stereocenters. The zero-order valence-electron chi connectivity index (χ0n) is 13.3. The van der Waals surface area contributed by atoms with Crippen molar-refractivity contribution in [3.63, 3.8) is 0 Å². The second-order valence-corrected chi connectivity index (χ2v) is 6.66. The molecule has 3 heteroatoms. The van der Waals surface area contributed by atoms with Crippen LogP contribution in [0.25, 0.3) is 0 Å². The smallest absolute Gasteiger partial charge is 0.253 e. The number of fused-ring (bicyclic) bond motifs is 1. The molecule has 1 aliphatic carbocycles. The van der Waals surface area contributed by atoms with Crippen molar-refractivity contribution in [3.8, 4) is 0 Å². The van der Waals surface area contributed by atoms with Crippen LogP contribution in [0.4, 0.5) is 5.69 Å². The highest BCUT2D eigenvalue weighted by Crippen LogP contribution is 2.32. The number of rotatable bonds is 4. The van der Waals surface area contributed by atoms with Crippen LogP contribution >= 0.6 is 0 Å². The van der Waals surface area contributed by atoms with Crippen LogP contribution in [0.1, 0.15) is 34.3 Å². The van der Waals surface area contributed by atoms with Crippen molar-refractivity contribution in [2.45, 2.75) is 25.8 Å². The number of amides is 1. The zero-order valence-corrected chi connectivity index (χ0v) is 13.3. The number of anilines is 1. The number of nitrogens with zero attached hydrogens (tertiary/aromatic N) is 1. The molecule has 0 aromatic heterocycles. The number of carbonyl (C=O) groups is 1. The maximum atomic E-state index is 12.1. The van der Waals surface area contributed by atoms with E-state index in [0.717, 1.165) is 30.3 Å². The van der Waals surface area contributed by atoms with Gasteiger partial charge in [-0.2, -0.15) is 0 Å². The Morgan fingerprint density at radius 3 is 2.52 bits per heavy atom. The summed E-state index contributed by atoms with van der Waals surface area (Å²) < 4.78 is 0. The van der Waals surface area contributed by atoms with E-state index in [1.165, 1.54) is 30.4 Å². The van der Waals surface area contributed by atoms with Gasteiger partial charge in [-0.3, -0.25) is 4.79 Å². The van der Waals surface area contributed by atoms with Gasteiger partial charge in [-0.15, -0.1) is 0 Å². The van der Waals surface area contributed by atoms with Gasteiger partial charge in [0.2, 0.25) is 0 Å². The SMILES string of the molecule is O=C1NCCN(Cc2ccc(CC3CC3)cc2)c2ccccc21. The zero-order chi connectivity index (χ0) is 15.6. The van der Waals surface area contributed by atoms with Crippen molar-refractivity contribution < 1.29 is 4.79 Å². The summed E-state index contributed by atoms with van der Waals surface area (Å²) in [5.74, 6) is 0.957. The lowest BCUT2D eigenvalue weighted by molar-refractivity contribution is 0.0958. The summed E-state index contributed by atoms with van der Waals surface area (Å²) in [6, 6.07) is 16.9. The topological polar surface area (TPSA) is 32.3 Å². The molecule has 1 amide bonds. The monoisotopic (exact) mass is 306 g/mol. The second kappa shape index (κ2) is 6.07. The van der Waals surface area contributed by atoms with E-state index in [-0.39, 0.29) is 5.91 Å². The number of para-hydroxylation sites is 1. The van der Waals surface area contributed by atoms with Gasteiger partial charge in [-0.25, -0.2) is 0 Å². The Kier molecular flexibility index (Phi) is 3.78. The Morgan fingerprint density at radius 1 is 1.00 bits per heavy atom. The van der Waals surface area contributed by atoms with Gasteiger partial charge in [0, 0.05) is 25.3 Å². The predicted octanol–water partition coefficient (Wildman–Crippen LogP) is 3.39. The van der Waals surface area contributed by atoms with Crippen molar-refractivity contribution in [3.05, 3.63) is 65.2 Å². The minimum atomic E-state index is 0.0304. The van der Waals surface area contributed by atoms with E-state index in [0.29, 0.717) is 6.54 Å². The fourth-order valence-electron chi connectivity index (χ4n) is 3.28. The van der Waals surface area contributed by atoms with Gasteiger partial charge in [0.1, 0.15) is 0 Å². The third-order valence-corrected chi connectivity index (χ3v) is 4.77. The lowest BCUT2D eigenvalue weighted by atomic mass is 10.1. The van der Waals surface area contributed by atoms with Crippen molar-refractivity contribution in [2.75, 3.05) is 18.0 Å². The van der Waals surface area contributed by atoms with E-state index in [9.17, 15) is 4.79 Å². The summed E-state index contributed by atoms with van der Waals surface area (Å²) in [5, 5.41) is 2.97. The highest BCUT2D eigenvalue weighted by atomic mass is 16.1. The molecule has 118 valence electrons. The molecule has 0 spiro atoms. The summed E-state index contributed by atoms with van der Waals surface area (Å²) in [4.78, 5) is 14.4. The molecule has 1 saturated carbocycles. The highest BCUT2D eigenvalue weighted by molar-refractivity contribution is 6.00. The quantitative estimate of drug-likeness (QED) is 0.939. The van der Waals surface area contributed by atoms with Gasteiger partial charge in [0.15, 0.2) is 0 Å². The van der Waals surface area contributed by atoms with Crippen molar-refractivity contribution in [1.29, 1.82) is 0 Å². The average molecular weight is 306 g/mol. The Labute approximate surface area is 137 Å². The van der Waals surface area contributed by atoms with Crippen molar-refractivity contribution in [2.24, 2.45) is 5.92 Å². The molecular weight excluding hydrogens is 284 g/mol. The fraction of sp³-hybridized carbons (Fsp3) is 0.350. The Hall–Kier alpha value is -2.29. The maximum Gasteiger partial charge on any atom is 0.253 e. The molecule has 0 atom stereocenters. The molecule has 4 rings (SSSR count). The third-order valence-electron chi connectivity index (χ3n) is 4.77. The molecule has 2 aliphatic rings. The third kappa shape index (κ3) is 3.24. The first-order valence-electron chi connectivity index (χ1n) is 8.49. The largest absolute Gasteiger partial charge is 0.365 e. The minimum absolute atomic E-state index is 0.0304. The van der Waals surface area contributed by atoms with E-state index < -0.39 is 0 Å². The fourth-order valence-corrected chi connectivity index (χ4v) is 3.28. The first kappa shape index (κ1) is 14.3. The van der Waals surface area contributed by atoms with Crippen LogP contribution in [0.2, 0.25) is 0 Å². The highest BCUT2D eigenvalue weighted by Gasteiger charge is 2.22. The van der Waals surface area contributed by atoms with E-state index in [2.05, 4.69) is 34.5 Å². The number of carbonyl (C=O) groups excluding carboxylic acids is 1. The molecule has 23 heavy (non-hydrogen) atoms. The Balaban J connectivity index is 1.53. The lowest BCUT2D eigenvalue weighted by Crippen LogP contribution is -2.29. The molecule has 3 nitrogen and oxygen atoms in total. The van der Waals surface area contributed by atoms with Crippen LogP contribution in [0.15, 0.2) is 48.5 Å². The molecule has 1 fully saturated rings. The van der Waals surface area contributed by atoms with Gasteiger partial charge >= 0.3 is 0 Å². The first-order chi connectivity index (χ1) is 11.3. The van der Waals surface area contributed by atoms with Crippen LogP contribution < -0.4 is 10.2 Å². The summed E-state index contributed by atoms with van der Waals surface area (Å²) >= 11 is 0. The van der Waals surface area contributed by atoms with E-state index in [1.807, 2.05) is 24.3 Å². The minimum Gasteiger partial charge on any atom is -0.365 e. The lowest BCUT2D eigenvalue weighted by Gasteiger charge is -2.24. The van der Waals surface area contributed by atoms with Crippen LogP contribution in [0, 0.1) is 5.92 Å². The predicted molar refractivity (Wildman–Crippen MR) is 92.7 cm³/mol. The summed E-state index contributed by atoms with van der Waals surface area (Å²) in [7, 11) is 0. The second-order valence-electron chi connectivity index (χ2n) is 6.66. The number of nitrogens with one attached hydrogen (secondary N) is 1. The van der Waals surface area contributed by atoms with E-state index in [4.69, 9.17) is 0 Å². The molecule has 2 aromatic rings. The molecule has 0 radical (unpaired) electrons. The van der Waals surface area contributed by atoms with Crippen LogP contribution in [-0.2, 0) is 13.0 Å². The number of benzene rings is 2. The van der Waals surface area contributed by atoms with E-state index in [1.54, 1.807) is 0 Å². The molecule has 1 aliphatic heterocycles. The standard InChI is InChI=1S/C20H22N2O/c23-20-18-3-1-2-4-19(18)22(12-11-21-20)14-17-9-7-16(8-10-17)13-15-5-6-15/h1-4,7-10,15H,5-6,11-14H2,(H,21,23). The molecule has 1 N–H and O–H groups in total. The molecule has 1 heterocycles. The van der Waals surface area contributed by atoms with Crippen LogP contribution in [-0.4, -0.2) is 19.0 Å². The summed E-state index contributed by atoms with van der Waals surface area (Å²) in [5.41, 5.74) is 4.55. The Morgan fingerprint density at radius 2 is 1.74 bits per heavy atom. The van der Waals surface area contributed by atoms with Crippen LogP contribution in [0.3, 0.4) is 0 Å². The summed E-state index contributed by atoms with van der Waals surface area (Å²) in [6.07, 6.45) is 4.02. The first-order valence-corrected chi connectivity index (χ1v) is 8.49. The summed E-state index contributed by atoms with van der Waals surface area (Å²) in [6.45, 7) is 2.37. The molecular formula is C20H22N2O. The Bertz CT molecular complexity index is 704. The van der Waals surface area contributed by atoms with Crippen molar-refractivity contribution in [1.82, 2.24) is 5.32 Å². The van der Waals surface area contributed by atoms with Gasteiger partial charge in [-0.1, -0.05) is 36.4 Å².